The molecule has 1 aliphatic rings. The molecule has 0 spiro atoms. The Kier molecular flexibility index (Phi) is 3.27. The number of benzene rings is 1. The lowest BCUT2D eigenvalue weighted by molar-refractivity contribution is 0.161. The highest BCUT2D eigenvalue weighted by Gasteiger charge is 2.31. The van der Waals surface area contributed by atoms with Crippen LogP contribution < -0.4 is 10.5 Å². The fourth-order valence-electron chi connectivity index (χ4n) is 2.48. The summed E-state index contributed by atoms with van der Waals surface area (Å²) in [6.45, 7) is 1.06. The van der Waals surface area contributed by atoms with Crippen LogP contribution in [0, 0.1) is 0 Å². The van der Waals surface area contributed by atoms with Gasteiger partial charge in [-0.15, -0.1) is 0 Å². The van der Waals surface area contributed by atoms with E-state index in [9.17, 15) is 0 Å². The van der Waals surface area contributed by atoms with Gasteiger partial charge in [0.1, 0.15) is 23.9 Å². The molecule has 4 nitrogen and oxygen atoms in total. The summed E-state index contributed by atoms with van der Waals surface area (Å²) in [5.41, 5.74) is 7.46. The normalized spacial score (nSPS) is 18.9. The quantitative estimate of drug-likeness (QED) is 0.917. The molecule has 100 valence electrons. The number of methoxy groups -OCH3 is 1. The maximum atomic E-state index is 6.31. The number of fused-ring (bicyclic) bond motifs is 1. The van der Waals surface area contributed by atoms with Crippen molar-refractivity contribution in [2.45, 2.75) is 18.6 Å². The van der Waals surface area contributed by atoms with Crippen LogP contribution in [0.25, 0.3) is 0 Å². The van der Waals surface area contributed by atoms with Crippen molar-refractivity contribution in [1.29, 1.82) is 0 Å². The Morgan fingerprint density at radius 2 is 2.16 bits per heavy atom. The van der Waals surface area contributed by atoms with Gasteiger partial charge in [0.2, 0.25) is 0 Å². The largest absolute Gasteiger partial charge is 0.493 e. The summed E-state index contributed by atoms with van der Waals surface area (Å²) in [5.74, 6) is 2.63. The molecule has 0 radical (unpaired) electrons. The summed E-state index contributed by atoms with van der Waals surface area (Å²) < 4.78 is 16.4. The zero-order chi connectivity index (χ0) is 13.2. The standard InChI is InChI=1S/C15H17NO3/c1-17-8-10-6-7-14(19-10)15(16)12-9-18-13-5-3-2-4-11(12)13/h2-7,12,15H,8-9,16H2,1H3. The molecule has 0 aliphatic carbocycles. The van der Waals surface area contributed by atoms with Crippen LogP contribution in [0.5, 0.6) is 5.75 Å². The molecule has 1 aliphatic heterocycles. The third-order valence-electron chi connectivity index (χ3n) is 3.47. The first-order chi connectivity index (χ1) is 9.29. The predicted octanol–water partition coefficient (Wildman–Crippen LogP) is 2.60. The molecular formula is C15H17NO3. The van der Waals surface area contributed by atoms with Crippen LogP contribution in [-0.2, 0) is 11.3 Å². The lowest BCUT2D eigenvalue weighted by atomic mass is 9.92. The van der Waals surface area contributed by atoms with Gasteiger partial charge in [-0.25, -0.2) is 0 Å². The van der Waals surface area contributed by atoms with Crippen LogP contribution in [0.3, 0.4) is 0 Å². The fourth-order valence-corrected chi connectivity index (χ4v) is 2.48. The van der Waals surface area contributed by atoms with E-state index >= 15 is 0 Å². The molecule has 4 heteroatoms. The predicted molar refractivity (Wildman–Crippen MR) is 71.0 cm³/mol. The van der Waals surface area contributed by atoms with E-state index in [0.717, 1.165) is 22.8 Å². The van der Waals surface area contributed by atoms with Gasteiger partial charge in [-0.3, -0.25) is 0 Å². The Morgan fingerprint density at radius 3 is 3.00 bits per heavy atom. The van der Waals surface area contributed by atoms with E-state index in [2.05, 4.69) is 6.07 Å². The van der Waals surface area contributed by atoms with E-state index in [1.54, 1.807) is 7.11 Å². The zero-order valence-electron chi connectivity index (χ0n) is 10.8. The van der Waals surface area contributed by atoms with Gasteiger partial charge in [-0.05, 0) is 18.2 Å². The third kappa shape index (κ3) is 2.25. The van der Waals surface area contributed by atoms with Crippen molar-refractivity contribution in [3.05, 3.63) is 53.5 Å². The molecule has 0 saturated heterocycles. The van der Waals surface area contributed by atoms with Crippen LogP contribution in [0.1, 0.15) is 29.0 Å². The van der Waals surface area contributed by atoms with Gasteiger partial charge in [-0.1, -0.05) is 18.2 Å². The van der Waals surface area contributed by atoms with Gasteiger partial charge in [0.25, 0.3) is 0 Å². The molecule has 2 atom stereocenters. The average molecular weight is 259 g/mol. The fraction of sp³-hybridized carbons (Fsp3) is 0.333. The minimum absolute atomic E-state index is 0.137. The van der Waals surface area contributed by atoms with Gasteiger partial charge in [0.05, 0.1) is 12.6 Å². The molecule has 3 rings (SSSR count). The second kappa shape index (κ2) is 5.07. The summed E-state index contributed by atoms with van der Waals surface area (Å²) >= 11 is 0. The first-order valence-corrected chi connectivity index (χ1v) is 6.34. The highest BCUT2D eigenvalue weighted by Crippen LogP contribution is 2.40. The van der Waals surface area contributed by atoms with E-state index in [1.807, 2.05) is 30.3 Å². The van der Waals surface area contributed by atoms with E-state index in [1.165, 1.54) is 0 Å². The third-order valence-corrected chi connectivity index (χ3v) is 3.47. The van der Waals surface area contributed by atoms with Crippen LogP contribution in [0.15, 0.2) is 40.8 Å². The number of furan rings is 1. The molecule has 2 heterocycles. The first-order valence-electron chi connectivity index (χ1n) is 6.34. The maximum Gasteiger partial charge on any atom is 0.129 e. The highest BCUT2D eigenvalue weighted by atomic mass is 16.5. The number of rotatable bonds is 4. The molecule has 0 saturated carbocycles. The SMILES string of the molecule is COCc1ccc(C(N)C2COc3ccccc32)o1. The number of nitrogens with two attached hydrogens (primary N) is 1. The topological polar surface area (TPSA) is 57.6 Å². The number of hydrogen-bond acceptors (Lipinski definition) is 4. The van der Waals surface area contributed by atoms with Crippen molar-refractivity contribution in [2.24, 2.45) is 5.73 Å². The molecule has 1 aromatic carbocycles. The first kappa shape index (κ1) is 12.3. The van der Waals surface area contributed by atoms with Crippen LogP contribution in [0.4, 0.5) is 0 Å². The van der Waals surface area contributed by atoms with Gasteiger partial charge < -0.3 is 19.6 Å². The van der Waals surface area contributed by atoms with E-state index in [-0.39, 0.29) is 12.0 Å². The smallest absolute Gasteiger partial charge is 0.129 e. The number of hydrogen-bond donors (Lipinski definition) is 1. The molecular weight excluding hydrogens is 242 g/mol. The molecule has 19 heavy (non-hydrogen) atoms. The van der Waals surface area contributed by atoms with E-state index in [0.29, 0.717) is 13.2 Å². The minimum atomic E-state index is -0.200. The summed E-state index contributed by atoms with van der Waals surface area (Å²) in [5, 5.41) is 0. The molecule has 2 aromatic rings. The highest BCUT2D eigenvalue weighted by molar-refractivity contribution is 5.41. The second-order valence-corrected chi connectivity index (χ2v) is 4.72. The Morgan fingerprint density at radius 1 is 1.32 bits per heavy atom. The molecule has 0 fully saturated rings. The lowest BCUT2D eigenvalue weighted by Crippen LogP contribution is -2.20. The molecule has 2 unspecified atom stereocenters. The lowest BCUT2D eigenvalue weighted by Gasteiger charge is -2.15. The van der Waals surface area contributed by atoms with Crippen molar-refractivity contribution in [3.8, 4) is 5.75 Å². The summed E-state index contributed by atoms with van der Waals surface area (Å²) in [4.78, 5) is 0. The van der Waals surface area contributed by atoms with Gasteiger partial charge in [0, 0.05) is 18.6 Å². The van der Waals surface area contributed by atoms with Gasteiger partial charge >= 0.3 is 0 Å². The van der Waals surface area contributed by atoms with Gasteiger partial charge in [0.15, 0.2) is 0 Å². The van der Waals surface area contributed by atoms with Crippen molar-refractivity contribution in [3.63, 3.8) is 0 Å². The maximum absolute atomic E-state index is 6.31. The Labute approximate surface area is 112 Å². The molecule has 0 amide bonds. The summed E-state index contributed by atoms with van der Waals surface area (Å²) in [6, 6.07) is 11.6. The van der Waals surface area contributed by atoms with Gasteiger partial charge in [-0.2, -0.15) is 0 Å². The van der Waals surface area contributed by atoms with Crippen molar-refractivity contribution in [2.75, 3.05) is 13.7 Å². The average Bonchev–Trinajstić information content (AvgIpc) is 3.05. The van der Waals surface area contributed by atoms with Crippen molar-refractivity contribution < 1.29 is 13.9 Å². The Balaban J connectivity index is 1.82. The number of ether oxygens (including phenoxy) is 2. The van der Waals surface area contributed by atoms with Crippen molar-refractivity contribution in [1.82, 2.24) is 0 Å². The molecule has 0 bridgehead atoms. The molecule has 1 aromatic heterocycles. The van der Waals surface area contributed by atoms with E-state index in [4.69, 9.17) is 19.6 Å². The van der Waals surface area contributed by atoms with E-state index < -0.39 is 0 Å². The second-order valence-electron chi connectivity index (χ2n) is 4.72. The minimum Gasteiger partial charge on any atom is -0.493 e. The van der Waals surface area contributed by atoms with Crippen LogP contribution >= 0.6 is 0 Å². The zero-order valence-corrected chi connectivity index (χ0v) is 10.8. The summed E-state index contributed by atoms with van der Waals surface area (Å²) in [7, 11) is 1.64. The van der Waals surface area contributed by atoms with Crippen molar-refractivity contribution >= 4 is 0 Å². The molecule has 2 N–H and O–H groups in total. The Hall–Kier alpha value is -1.78. The van der Waals surface area contributed by atoms with Crippen LogP contribution in [0.2, 0.25) is 0 Å². The Bertz CT molecular complexity index is 564. The monoisotopic (exact) mass is 259 g/mol. The van der Waals surface area contributed by atoms with Crippen LogP contribution in [-0.4, -0.2) is 13.7 Å². The number of para-hydroxylation sites is 1. The summed E-state index contributed by atoms with van der Waals surface area (Å²) in [6.07, 6.45) is 0.